The van der Waals surface area contributed by atoms with E-state index < -0.39 is 5.97 Å². The minimum absolute atomic E-state index is 0. The Kier molecular flexibility index (Phi) is 10.4. The minimum Gasteiger partial charge on any atom is -0.549 e. The summed E-state index contributed by atoms with van der Waals surface area (Å²) in [4.78, 5) is 14.8. The molecule has 2 rings (SSSR count). The molecule has 0 radical (unpaired) electrons. The van der Waals surface area contributed by atoms with Gasteiger partial charge in [-0.3, -0.25) is 0 Å². The van der Waals surface area contributed by atoms with Crippen LogP contribution in [0.1, 0.15) is 17.9 Å². The Hall–Kier alpha value is -0.790. The van der Waals surface area contributed by atoms with Crippen molar-refractivity contribution in [2.24, 2.45) is 0 Å². The molecule has 0 bridgehead atoms. The molecule has 5 nitrogen and oxygen atoms in total. The predicted octanol–water partition coefficient (Wildman–Crippen LogP) is -0.914. The second kappa shape index (κ2) is 11.7. The van der Waals surface area contributed by atoms with Crippen LogP contribution in [0.4, 0.5) is 0 Å². The van der Waals surface area contributed by atoms with Crippen molar-refractivity contribution >= 4 is 17.7 Å². The van der Waals surface area contributed by atoms with Crippen molar-refractivity contribution < 1.29 is 48.6 Å². The molecular weight excluding hydrogens is 337 g/mol. The van der Waals surface area contributed by atoms with Crippen molar-refractivity contribution in [1.82, 2.24) is 4.98 Å². The summed E-state index contributed by atoms with van der Waals surface area (Å²) >= 11 is 1.35. The number of carboxylic acids is 1. The Labute approximate surface area is 168 Å². The molecule has 1 aromatic carbocycles. The zero-order valence-electron chi connectivity index (χ0n) is 14.1. The number of benzene rings is 1. The maximum atomic E-state index is 10.2. The molecule has 0 fully saturated rings. The number of ether oxygens (including phenoxy) is 1. The van der Waals surface area contributed by atoms with Crippen molar-refractivity contribution in [3.63, 3.8) is 0 Å². The summed E-state index contributed by atoms with van der Waals surface area (Å²) in [7, 11) is 0. The third-order valence-corrected chi connectivity index (χ3v) is 4.21. The van der Waals surface area contributed by atoms with Crippen LogP contribution in [0, 0.1) is 6.92 Å². The molecule has 2 aromatic rings. The molecule has 0 saturated heterocycles. The molecule has 0 aliphatic carbocycles. The van der Waals surface area contributed by atoms with Gasteiger partial charge in [0.2, 0.25) is 5.89 Å². The molecule has 0 saturated carbocycles. The molecule has 24 heavy (non-hydrogen) atoms. The number of oxazole rings is 1. The van der Waals surface area contributed by atoms with Crippen LogP contribution in [0.3, 0.4) is 0 Å². The summed E-state index contributed by atoms with van der Waals surface area (Å²) in [6.45, 7) is 3.10. The number of carbonyl (C=O) groups excluding carboxylic acids is 1. The molecule has 0 aliphatic heterocycles. The maximum absolute atomic E-state index is 10.2. The first-order valence-electron chi connectivity index (χ1n) is 7.54. The summed E-state index contributed by atoms with van der Waals surface area (Å²) in [5.74, 6) is 1.23. The summed E-state index contributed by atoms with van der Waals surface area (Å²) < 4.78 is 11.3. The largest absolute Gasteiger partial charge is 1.00 e. The molecule has 0 spiro atoms. The first-order chi connectivity index (χ1) is 11.2. The zero-order valence-corrected chi connectivity index (χ0v) is 16.9. The average Bonchev–Trinajstić information content (AvgIpc) is 2.91. The van der Waals surface area contributed by atoms with E-state index in [2.05, 4.69) is 4.98 Å². The molecular formula is C17H20NNaO4S. The molecule has 0 atom stereocenters. The molecule has 0 N–H and O–H groups in total. The number of nitrogens with zero attached hydrogens (tertiary/aromatic N) is 1. The predicted molar refractivity (Wildman–Crippen MR) is 88.1 cm³/mol. The first kappa shape index (κ1) is 21.3. The number of aryl methyl sites for hydroxylation is 1. The SMILES string of the molecule is Cc1oc(-c2ccccc2)nc1CCOCCCSCC(=O)[O-].[Na+]. The molecule has 1 aromatic heterocycles. The zero-order chi connectivity index (χ0) is 16.5. The summed E-state index contributed by atoms with van der Waals surface area (Å²) in [6.07, 6.45) is 1.53. The van der Waals surface area contributed by atoms with Gasteiger partial charge in [-0.1, -0.05) is 18.2 Å². The van der Waals surface area contributed by atoms with E-state index >= 15 is 0 Å². The van der Waals surface area contributed by atoms with Crippen molar-refractivity contribution in [1.29, 1.82) is 0 Å². The van der Waals surface area contributed by atoms with Gasteiger partial charge in [0, 0.05) is 24.3 Å². The van der Waals surface area contributed by atoms with Crippen molar-refractivity contribution in [3.8, 4) is 11.5 Å². The molecule has 0 amide bonds. The van der Waals surface area contributed by atoms with Gasteiger partial charge in [0.25, 0.3) is 0 Å². The van der Waals surface area contributed by atoms with Crippen LogP contribution in [0.25, 0.3) is 11.5 Å². The number of aliphatic carboxylic acids is 1. The van der Waals surface area contributed by atoms with Crippen molar-refractivity contribution in [2.45, 2.75) is 19.8 Å². The van der Waals surface area contributed by atoms with E-state index in [4.69, 9.17) is 9.15 Å². The van der Waals surface area contributed by atoms with E-state index in [1.807, 2.05) is 37.3 Å². The van der Waals surface area contributed by atoms with Gasteiger partial charge in [0.15, 0.2) is 0 Å². The second-order valence-corrected chi connectivity index (χ2v) is 6.13. The third-order valence-electron chi connectivity index (χ3n) is 3.19. The fraction of sp³-hybridized carbons (Fsp3) is 0.412. The minimum atomic E-state index is -1.02. The van der Waals surface area contributed by atoms with Gasteiger partial charge in [-0.05, 0) is 31.2 Å². The van der Waals surface area contributed by atoms with E-state index in [0.717, 1.165) is 29.2 Å². The van der Waals surface area contributed by atoms with Crippen LogP contribution in [-0.2, 0) is 16.0 Å². The van der Waals surface area contributed by atoms with Crippen LogP contribution in [-0.4, -0.2) is 35.7 Å². The smallest absolute Gasteiger partial charge is 0.549 e. The number of carbonyl (C=O) groups is 1. The fourth-order valence-electron chi connectivity index (χ4n) is 2.05. The van der Waals surface area contributed by atoms with Gasteiger partial charge >= 0.3 is 29.6 Å². The van der Waals surface area contributed by atoms with E-state index in [1.54, 1.807) is 0 Å². The molecule has 1 heterocycles. The molecule has 124 valence electrons. The van der Waals surface area contributed by atoms with E-state index in [-0.39, 0.29) is 35.3 Å². The Morgan fingerprint density at radius 3 is 2.75 bits per heavy atom. The summed E-state index contributed by atoms with van der Waals surface area (Å²) in [6, 6.07) is 9.80. The standard InChI is InChI=1S/C17H21NO4S.Na/c1-13-15(8-10-21-9-5-11-23-12-16(19)20)18-17(22-13)14-6-3-2-4-7-14;/h2-4,6-7H,5,8-12H2,1H3,(H,19,20);/q;+1/p-1. The number of thioether (sulfide) groups is 1. The van der Waals surface area contributed by atoms with E-state index in [9.17, 15) is 9.90 Å². The molecule has 0 aliphatic rings. The summed E-state index contributed by atoms with van der Waals surface area (Å²) in [5, 5.41) is 10.2. The second-order valence-electron chi connectivity index (χ2n) is 5.03. The monoisotopic (exact) mass is 357 g/mol. The van der Waals surface area contributed by atoms with Crippen molar-refractivity contribution in [2.75, 3.05) is 24.7 Å². The topological polar surface area (TPSA) is 75.4 Å². The van der Waals surface area contributed by atoms with Gasteiger partial charge in [-0.25, -0.2) is 4.98 Å². The Morgan fingerprint density at radius 1 is 1.29 bits per heavy atom. The van der Waals surface area contributed by atoms with Crippen LogP contribution in [0.2, 0.25) is 0 Å². The van der Waals surface area contributed by atoms with E-state index in [1.165, 1.54) is 11.8 Å². The van der Waals surface area contributed by atoms with E-state index in [0.29, 0.717) is 25.5 Å². The number of hydrogen-bond acceptors (Lipinski definition) is 6. The van der Waals surface area contributed by atoms with Crippen LogP contribution >= 0.6 is 11.8 Å². The number of carboxylic acid groups (broad SMARTS) is 1. The van der Waals surface area contributed by atoms with Crippen LogP contribution in [0.5, 0.6) is 0 Å². The van der Waals surface area contributed by atoms with Gasteiger partial charge < -0.3 is 19.1 Å². The molecule has 0 unspecified atom stereocenters. The normalized spacial score (nSPS) is 10.4. The Bertz CT molecular complexity index is 618. The Morgan fingerprint density at radius 2 is 2.04 bits per heavy atom. The van der Waals surface area contributed by atoms with Gasteiger partial charge in [0.1, 0.15) is 5.76 Å². The van der Waals surface area contributed by atoms with Crippen LogP contribution in [0.15, 0.2) is 34.7 Å². The van der Waals surface area contributed by atoms with Crippen molar-refractivity contribution in [3.05, 3.63) is 41.8 Å². The summed E-state index contributed by atoms with van der Waals surface area (Å²) in [5.41, 5.74) is 1.88. The third kappa shape index (κ3) is 7.40. The fourth-order valence-corrected chi connectivity index (χ4v) is 2.69. The number of aromatic nitrogens is 1. The van der Waals surface area contributed by atoms with Crippen LogP contribution < -0.4 is 34.7 Å². The first-order valence-corrected chi connectivity index (χ1v) is 8.69. The Balaban J connectivity index is 0.00000288. The quantitative estimate of drug-likeness (QED) is 0.405. The number of rotatable bonds is 10. The average molecular weight is 357 g/mol. The van der Waals surface area contributed by atoms with Gasteiger partial charge in [-0.2, -0.15) is 11.8 Å². The molecule has 7 heteroatoms. The van der Waals surface area contributed by atoms with Gasteiger partial charge in [0.05, 0.1) is 18.3 Å². The maximum Gasteiger partial charge on any atom is 1.00 e. The van der Waals surface area contributed by atoms with Gasteiger partial charge in [-0.15, -0.1) is 0 Å². The number of hydrogen-bond donors (Lipinski definition) is 0.